The van der Waals surface area contributed by atoms with Gasteiger partial charge in [0, 0.05) is 36.8 Å². The lowest BCUT2D eigenvalue weighted by Gasteiger charge is -2.38. The van der Waals surface area contributed by atoms with E-state index in [-0.39, 0.29) is 0 Å². The predicted octanol–water partition coefficient (Wildman–Crippen LogP) is 1.88. The van der Waals surface area contributed by atoms with Gasteiger partial charge in [0.1, 0.15) is 5.01 Å². The zero-order valence-corrected chi connectivity index (χ0v) is 11.2. The molecular formula is C12H21N3S. The van der Waals surface area contributed by atoms with Crippen LogP contribution in [0.3, 0.4) is 0 Å². The first-order chi connectivity index (χ1) is 7.66. The Kier molecular flexibility index (Phi) is 3.95. The van der Waals surface area contributed by atoms with Gasteiger partial charge in [-0.05, 0) is 12.8 Å². The molecule has 3 nitrogen and oxygen atoms in total. The number of hydrogen-bond donors (Lipinski definition) is 1. The van der Waals surface area contributed by atoms with E-state index in [4.69, 9.17) is 0 Å². The number of aromatic nitrogens is 1. The molecule has 1 aliphatic rings. The molecule has 4 heteroatoms. The van der Waals surface area contributed by atoms with Crippen LogP contribution < -0.4 is 5.32 Å². The van der Waals surface area contributed by atoms with Crippen molar-refractivity contribution in [1.82, 2.24) is 15.2 Å². The van der Waals surface area contributed by atoms with Gasteiger partial charge >= 0.3 is 0 Å². The van der Waals surface area contributed by atoms with Gasteiger partial charge in [-0.15, -0.1) is 11.3 Å². The molecule has 0 spiro atoms. The standard InChI is InChI=1S/C12H21N3S/c1-9(2)11-7-13-4-5-15(11)8-12-14-6-10(3)16-12/h6,9,11,13H,4-5,7-8H2,1-3H3. The summed E-state index contributed by atoms with van der Waals surface area (Å²) in [6.45, 7) is 11.1. The van der Waals surface area contributed by atoms with Crippen LogP contribution in [-0.2, 0) is 6.54 Å². The number of aryl methyl sites for hydroxylation is 1. The predicted molar refractivity (Wildman–Crippen MR) is 68.8 cm³/mol. The molecule has 1 atom stereocenters. The number of nitrogens with zero attached hydrogens (tertiary/aromatic N) is 2. The Morgan fingerprint density at radius 2 is 2.44 bits per heavy atom. The molecule has 0 amide bonds. The number of rotatable bonds is 3. The van der Waals surface area contributed by atoms with Gasteiger partial charge in [-0.25, -0.2) is 4.98 Å². The van der Waals surface area contributed by atoms with Gasteiger partial charge in [0.25, 0.3) is 0 Å². The van der Waals surface area contributed by atoms with Crippen LogP contribution in [0.15, 0.2) is 6.20 Å². The summed E-state index contributed by atoms with van der Waals surface area (Å²) < 4.78 is 0. The SMILES string of the molecule is Cc1cnc(CN2CCNCC2C(C)C)s1. The van der Waals surface area contributed by atoms with E-state index in [0.717, 1.165) is 26.2 Å². The molecule has 0 bridgehead atoms. The molecule has 90 valence electrons. The van der Waals surface area contributed by atoms with E-state index in [9.17, 15) is 0 Å². The summed E-state index contributed by atoms with van der Waals surface area (Å²) in [7, 11) is 0. The van der Waals surface area contributed by atoms with Crippen LogP contribution in [-0.4, -0.2) is 35.6 Å². The summed E-state index contributed by atoms with van der Waals surface area (Å²) in [5.74, 6) is 0.703. The minimum atomic E-state index is 0.651. The van der Waals surface area contributed by atoms with E-state index in [2.05, 4.69) is 36.0 Å². The molecule has 1 saturated heterocycles. The quantitative estimate of drug-likeness (QED) is 0.873. The van der Waals surface area contributed by atoms with Crippen LogP contribution in [0, 0.1) is 12.8 Å². The maximum absolute atomic E-state index is 4.46. The monoisotopic (exact) mass is 239 g/mol. The van der Waals surface area contributed by atoms with Crippen LogP contribution in [0.2, 0.25) is 0 Å². The average Bonchev–Trinajstić information content (AvgIpc) is 2.64. The fourth-order valence-electron chi connectivity index (χ4n) is 2.27. The molecule has 1 unspecified atom stereocenters. The maximum atomic E-state index is 4.46. The van der Waals surface area contributed by atoms with E-state index in [0.29, 0.717) is 12.0 Å². The van der Waals surface area contributed by atoms with Crippen LogP contribution in [0.5, 0.6) is 0 Å². The topological polar surface area (TPSA) is 28.2 Å². The fraction of sp³-hybridized carbons (Fsp3) is 0.750. The third-order valence-electron chi connectivity index (χ3n) is 3.18. The third-order valence-corrected chi connectivity index (χ3v) is 4.07. The van der Waals surface area contributed by atoms with E-state index in [1.807, 2.05) is 17.5 Å². The van der Waals surface area contributed by atoms with Gasteiger partial charge in [0.05, 0.1) is 6.54 Å². The molecule has 1 aliphatic heterocycles. The Morgan fingerprint density at radius 3 is 3.06 bits per heavy atom. The van der Waals surface area contributed by atoms with Gasteiger partial charge in [-0.3, -0.25) is 4.90 Å². The maximum Gasteiger partial charge on any atom is 0.107 e. The molecule has 0 saturated carbocycles. The summed E-state index contributed by atoms with van der Waals surface area (Å²) in [5, 5.41) is 4.73. The zero-order valence-electron chi connectivity index (χ0n) is 10.4. The van der Waals surface area contributed by atoms with Crippen molar-refractivity contribution in [2.45, 2.75) is 33.4 Å². The van der Waals surface area contributed by atoms with Crippen LogP contribution in [0.25, 0.3) is 0 Å². The van der Waals surface area contributed by atoms with Gasteiger partial charge < -0.3 is 5.32 Å². The van der Waals surface area contributed by atoms with Gasteiger partial charge in [-0.1, -0.05) is 13.8 Å². The van der Waals surface area contributed by atoms with Crippen molar-refractivity contribution in [2.75, 3.05) is 19.6 Å². The molecule has 1 N–H and O–H groups in total. The van der Waals surface area contributed by atoms with E-state index in [1.54, 1.807) is 0 Å². The van der Waals surface area contributed by atoms with Gasteiger partial charge in [0.15, 0.2) is 0 Å². The minimum absolute atomic E-state index is 0.651. The molecule has 1 aromatic heterocycles. The normalized spacial score (nSPS) is 22.9. The highest BCUT2D eigenvalue weighted by molar-refractivity contribution is 7.11. The number of piperazine rings is 1. The van der Waals surface area contributed by atoms with Crippen LogP contribution in [0.1, 0.15) is 23.7 Å². The zero-order chi connectivity index (χ0) is 11.5. The third kappa shape index (κ3) is 2.81. The second-order valence-electron chi connectivity index (χ2n) is 4.85. The first-order valence-corrected chi connectivity index (χ1v) is 6.84. The highest BCUT2D eigenvalue weighted by Gasteiger charge is 2.25. The smallest absolute Gasteiger partial charge is 0.107 e. The molecule has 2 rings (SSSR count). The van der Waals surface area contributed by atoms with Crippen molar-refractivity contribution in [3.63, 3.8) is 0 Å². The molecule has 1 aromatic rings. The Hall–Kier alpha value is -0.450. The molecule has 0 aliphatic carbocycles. The summed E-state index contributed by atoms with van der Waals surface area (Å²) in [5.41, 5.74) is 0. The average molecular weight is 239 g/mol. The first kappa shape index (κ1) is 12.0. The van der Waals surface area contributed by atoms with E-state index < -0.39 is 0 Å². The van der Waals surface area contributed by atoms with Crippen molar-refractivity contribution < 1.29 is 0 Å². The van der Waals surface area contributed by atoms with Crippen molar-refractivity contribution in [1.29, 1.82) is 0 Å². The molecule has 0 aromatic carbocycles. The second-order valence-corrected chi connectivity index (χ2v) is 6.17. The second kappa shape index (κ2) is 5.25. The summed E-state index contributed by atoms with van der Waals surface area (Å²) in [6.07, 6.45) is 1.98. The van der Waals surface area contributed by atoms with Gasteiger partial charge in [-0.2, -0.15) is 0 Å². The molecule has 0 radical (unpaired) electrons. The Morgan fingerprint density at radius 1 is 1.62 bits per heavy atom. The minimum Gasteiger partial charge on any atom is -0.314 e. The Bertz CT molecular complexity index is 335. The number of hydrogen-bond acceptors (Lipinski definition) is 4. The molecular weight excluding hydrogens is 218 g/mol. The Balaban J connectivity index is 2.01. The van der Waals surface area contributed by atoms with E-state index in [1.165, 1.54) is 9.88 Å². The largest absolute Gasteiger partial charge is 0.314 e. The highest BCUT2D eigenvalue weighted by Crippen LogP contribution is 2.19. The van der Waals surface area contributed by atoms with Gasteiger partial charge in [0.2, 0.25) is 0 Å². The lowest BCUT2D eigenvalue weighted by atomic mass is 10.0. The van der Waals surface area contributed by atoms with Crippen molar-refractivity contribution >= 4 is 11.3 Å². The molecule has 2 heterocycles. The molecule has 16 heavy (non-hydrogen) atoms. The van der Waals surface area contributed by atoms with Crippen LogP contribution in [0.4, 0.5) is 0 Å². The van der Waals surface area contributed by atoms with Crippen LogP contribution >= 0.6 is 11.3 Å². The van der Waals surface area contributed by atoms with Crippen molar-refractivity contribution in [3.05, 3.63) is 16.1 Å². The number of nitrogens with one attached hydrogen (secondary N) is 1. The number of thiazole rings is 1. The summed E-state index contributed by atoms with van der Waals surface area (Å²) >= 11 is 1.82. The van der Waals surface area contributed by atoms with E-state index >= 15 is 0 Å². The summed E-state index contributed by atoms with van der Waals surface area (Å²) in [6, 6.07) is 0.651. The van der Waals surface area contributed by atoms with Crippen molar-refractivity contribution in [3.8, 4) is 0 Å². The summed E-state index contributed by atoms with van der Waals surface area (Å²) in [4.78, 5) is 8.34. The van der Waals surface area contributed by atoms with Crippen molar-refractivity contribution in [2.24, 2.45) is 5.92 Å². The Labute approximate surface area is 102 Å². The lowest BCUT2D eigenvalue weighted by Crippen LogP contribution is -2.52. The fourth-order valence-corrected chi connectivity index (χ4v) is 3.08. The molecule has 1 fully saturated rings. The first-order valence-electron chi connectivity index (χ1n) is 6.03. The lowest BCUT2D eigenvalue weighted by molar-refractivity contribution is 0.117. The highest BCUT2D eigenvalue weighted by atomic mass is 32.1.